The van der Waals surface area contributed by atoms with Crippen LogP contribution in [0.25, 0.3) is 0 Å². The van der Waals surface area contributed by atoms with E-state index in [1.165, 1.54) is 5.56 Å². The maximum Gasteiger partial charge on any atom is 0.239 e. The van der Waals surface area contributed by atoms with Crippen LogP contribution in [0.15, 0.2) is 18.2 Å². The maximum atomic E-state index is 11.7. The van der Waals surface area contributed by atoms with E-state index < -0.39 is 0 Å². The molecule has 1 aromatic rings. The van der Waals surface area contributed by atoms with Gasteiger partial charge in [-0.2, -0.15) is 0 Å². The zero-order chi connectivity index (χ0) is 13.7. The van der Waals surface area contributed by atoms with Crippen molar-refractivity contribution in [3.8, 4) is 0 Å². The topological polar surface area (TPSA) is 50.4 Å². The number of carbonyl (C=O) groups excluding carboxylic acids is 1. The van der Waals surface area contributed by atoms with Crippen LogP contribution in [0.2, 0.25) is 0 Å². The van der Waals surface area contributed by atoms with Gasteiger partial charge in [0.2, 0.25) is 5.91 Å². The second-order valence-corrected chi connectivity index (χ2v) is 5.11. The number of rotatable bonds is 5. The largest absolute Gasteiger partial charge is 0.376 e. The molecule has 1 atom stereocenters. The van der Waals surface area contributed by atoms with Gasteiger partial charge in [0.05, 0.1) is 12.6 Å². The highest BCUT2D eigenvalue weighted by molar-refractivity contribution is 5.81. The lowest BCUT2D eigenvalue weighted by Gasteiger charge is -2.13. The number of carbonyl (C=O) groups is 1. The Labute approximate surface area is 114 Å². The number of nitrogens with one attached hydrogen (secondary N) is 2. The van der Waals surface area contributed by atoms with Gasteiger partial charge in [-0.05, 0) is 43.9 Å². The molecule has 1 amide bonds. The summed E-state index contributed by atoms with van der Waals surface area (Å²) < 4.78 is 5.47. The molecule has 4 nitrogen and oxygen atoms in total. The molecule has 0 aromatic heterocycles. The molecular weight excluding hydrogens is 240 g/mol. The van der Waals surface area contributed by atoms with Crippen molar-refractivity contribution < 1.29 is 9.53 Å². The van der Waals surface area contributed by atoms with Crippen molar-refractivity contribution in [3.63, 3.8) is 0 Å². The zero-order valence-corrected chi connectivity index (χ0v) is 11.7. The third kappa shape index (κ3) is 4.24. The van der Waals surface area contributed by atoms with E-state index in [9.17, 15) is 4.79 Å². The van der Waals surface area contributed by atoms with E-state index in [2.05, 4.69) is 28.8 Å². The molecule has 0 saturated carbocycles. The van der Waals surface area contributed by atoms with Crippen molar-refractivity contribution in [2.24, 2.45) is 0 Å². The number of anilines is 1. The van der Waals surface area contributed by atoms with E-state index in [4.69, 9.17) is 4.74 Å². The normalized spacial score (nSPS) is 18.3. The summed E-state index contributed by atoms with van der Waals surface area (Å²) in [7, 11) is 0. The molecule has 19 heavy (non-hydrogen) atoms. The summed E-state index contributed by atoms with van der Waals surface area (Å²) in [6.45, 7) is 5.82. The Kier molecular flexibility index (Phi) is 4.80. The lowest BCUT2D eigenvalue weighted by molar-refractivity contribution is -0.119. The highest BCUT2D eigenvalue weighted by Gasteiger charge is 2.15. The first-order valence-corrected chi connectivity index (χ1v) is 6.84. The molecule has 0 radical (unpaired) electrons. The SMILES string of the molecule is Cc1ccc(C)c(NCC(=O)NCC2CCCO2)c1. The second kappa shape index (κ2) is 6.57. The minimum atomic E-state index is 0.0106. The molecule has 0 aliphatic carbocycles. The molecule has 1 aliphatic heterocycles. The van der Waals surface area contributed by atoms with E-state index >= 15 is 0 Å². The number of amides is 1. The molecule has 1 heterocycles. The van der Waals surface area contributed by atoms with Crippen LogP contribution in [0, 0.1) is 13.8 Å². The molecule has 1 unspecified atom stereocenters. The average molecular weight is 262 g/mol. The van der Waals surface area contributed by atoms with Crippen molar-refractivity contribution in [1.82, 2.24) is 5.32 Å². The van der Waals surface area contributed by atoms with Crippen LogP contribution in [0.4, 0.5) is 5.69 Å². The Hall–Kier alpha value is -1.55. The van der Waals surface area contributed by atoms with Gasteiger partial charge in [0.25, 0.3) is 0 Å². The summed E-state index contributed by atoms with van der Waals surface area (Å²) >= 11 is 0. The van der Waals surface area contributed by atoms with Gasteiger partial charge in [-0.15, -0.1) is 0 Å². The summed E-state index contributed by atoms with van der Waals surface area (Å²) in [6.07, 6.45) is 2.34. The quantitative estimate of drug-likeness (QED) is 0.853. The first-order valence-electron chi connectivity index (χ1n) is 6.84. The number of ether oxygens (including phenoxy) is 1. The van der Waals surface area contributed by atoms with Crippen LogP contribution in [-0.4, -0.2) is 31.7 Å². The molecule has 1 fully saturated rings. The van der Waals surface area contributed by atoms with Crippen molar-refractivity contribution in [2.75, 3.05) is 25.0 Å². The molecule has 0 bridgehead atoms. The van der Waals surface area contributed by atoms with Crippen molar-refractivity contribution in [3.05, 3.63) is 29.3 Å². The van der Waals surface area contributed by atoms with Crippen LogP contribution in [0.1, 0.15) is 24.0 Å². The summed E-state index contributed by atoms with van der Waals surface area (Å²) in [5.41, 5.74) is 3.36. The second-order valence-electron chi connectivity index (χ2n) is 5.11. The lowest BCUT2D eigenvalue weighted by atomic mass is 10.1. The van der Waals surface area contributed by atoms with Crippen molar-refractivity contribution >= 4 is 11.6 Å². The Balaban J connectivity index is 1.74. The minimum absolute atomic E-state index is 0.0106. The van der Waals surface area contributed by atoms with Crippen LogP contribution in [0.3, 0.4) is 0 Å². The standard InChI is InChI=1S/C15H22N2O2/c1-11-5-6-12(2)14(8-11)16-10-15(18)17-9-13-4-3-7-19-13/h5-6,8,13,16H,3-4,7,9-10H2,1-2H3,(H,17,18). The number of hydrogen-bond acceptors (Lipinski definition) is 3. The van der Waals surface area contributed by atoms with Gasteiger partial charge in [-0.1, -0.05) is 12.1 Å². The van der Waals surface area contributed by atoms with Gasteiger partial charge >= 0.3 is 0 Å². The van der Waals surface area contributed by atoms with Crippen LogP contribution in [-0.2, 0) is 9.53 Å². The Morgan fingerprint density at radius 1 is 1.42 bits per heavy atom. The molecule has 4 heteroatoms. The van der Waals surface area contributed by atoms with E-state index in [0.717, 1.165) is 30.7 Å². The molecule has 104 valence electrons. The third-order valence-electron chi connectivity index (χ3n) is 3.38. The van der Waals surface area contributed by atoms with Gasteiger partial charge in [0, 0.05) is 18.8 Å². The number of benzene rings is 1. The predicted molar refractivity (Wildman–Crippen MR) is 76.4 cm³/mol. The Morgan fingerprint density at radius 2 is 2.26 bits per heavy atom. The monoisotopic (exact) mass is 262 g/mol. The molecular formula is C15H22N2O2. The minimum Gasteiger partial charge on any atom is -0.376 e. The zero-order valence-electron chi connectivity index (χ0n) is 11.7. The van der Waals surface area contributed by atoms with E-state index in [1.54, 1.807) is 0 Å². The fourth-order valence-corrected chi connectivity index (χ4v) is 2.20. The summed E-state index contributed by atoms with van der Waals surface area (Å²) in [6, 6.07) is 6.18. The first kappa shape index (κ1) is 13.9. The first-order chi connectivity index (χ1) is 9.15. The molecule has 2 N–H and O–H groups in total. The smallest absolute Gasteiger partial charge is 0.239 e. The van der Waals surface area contributed by atoms with Gasteiger partial charge in [-0.25, -0.2) is 0 Å². The third-order valence-corrected chi connectivity index (χ3v) is 3.38. The van der Waals surface area contributed by atoms with Gasteiger partial charge in [0.15, 0.2) is 0 Å². The van der Waals surface area contributed by atoms with Crippen molar-refractivity contribution in [2.45, 2.75) is 32.8 Å². The van der Waals surface area contributed by atoms with Gasteiger partial charge < -0.3 is 15.4 Å². The molecule has 1 aromatic carbocycles. The average Bonchev–Trinajstić information content (AvgIpc) is 2.90. The highest BCUT2D eigenvalue weighted by atomic mass is 16.5. The Morgan fingerprint density at radius 3 is 3.00 bits per heavy atom. The number of hydrogen-bond donors (Lipinski definition) is 2. The fourth-order valence-electron chi connectivity index (χ4n) is 2.20. The van der Waals surface area contributed by atoms with Crippen LogP contribution >= 0.6 is 0 Å². The van der Waals surface area contributed by atoms with Gasteiger partial charge in [0.1, 0.15) is 0 Å². The van der Waals surface area contributed by atoms with Gasteiger partial charge in [-0.3, -0.25) is 4.79 Å². The molecule has 1 saturated heterocycles. The van der Waals surface area contributed by atoms with Crippen molar-refractivity contribution in [1.29, 1.82) is 0 Å². The van der Waals surface area contributed by atoms with E-state index in [0.29, 0.717) is 13.1 Å². The van der Waals surface area contributed by atoms with Crippen LogP contribution < -0.4 is 10.6 Å². The molecule has 1 aliphatic rings. The summed E-state index contributed by atoms with van der Waals surface area (Å²) in [5.74, 6) is 0.0106. The summed E-state index contributed by atoms with van der Waals surface area (Å²) in [5, 5.41) is 6.08. The van der Waals surface area contributed by atoms with E-state index in [-0.39, 0.29) is 12.0 Å². The van der Waals surface area contributed by atoms with Crippen LogP contribution in [0.5, 0.6) is 0 Å². The van der Waals surface area contributed by atoms with E-state index in [1.807, 2.05) is 13.8 Å². The number of aryl methyl sites for hydroxylation is 2. The Bertz CT molecular complexity index is 440. The maximum absolute atomic E-state index is 11.7. The molecule has 0 spiro atoms. The molecule has 2 rings (SSSR count). The lowest BCUT2D eigenvalue weighted by Crippen LogP contribution is -2.35. The summed E-state index contributed by atoms with van der Waals surface area (Å²) in [4.78, 5) is 11.7. The highest BCUT2D eigenvalue weighted by Crippen LogP contribution is 2.15. The fraction of sp³-hybridized carbons (Fsp3) is 0.533. The predicted octanol–water partition coefficient (Wildman–Crippen LogP) is 2.01.